The molecule has 0 bridgehead atoms. The van der Waals surface area contributed by atoms with E-state index in [1.54, 1.807) is 0 Å². The molecule has 4 nitrogen and oxygen atoms in total. The van der Waals surface area contributed by atoms with E-state index in [1.165, 1.54) is 0 Å². The van der Waals surface area contributed by atoms with Crippen molar-refractivity contribution in [3.8, 4) is 0 Å². The average molecular weight is 248 g/mol. The molecule has 0 radical (unpaired) electrons. The second-order valence-corrected chi connectivity index (χ2v) is 6.71. The molecule has 1 atom stereocenters. The van der Waals surface area contributed by atoms with Gasteiger partial charge < -0.3 is 5.32 Å². The maximum absolute atomic E-state index is 11.5. The number of hydrogen-bond acceptors (Lipinski definition) is 4. The minimum absolute atomic E-state index is 0.329. The van der Waals surface area contributed by atoms with E-state index in [1.807, 2.05) is 0 Å². The number of hydrogen-bond donors (Lipinski definition) is 1. The third-order valence-electron chi connectivity index (χ3n) is 3.21. The summed E-state index contributed by atoms with van der Waals surface area (Å²) >= 11 is 0. The smallest absolute Gasteiger partial charge is 0.151 e. The van der Waals surface area contributed by atoms with Crippen LogP contribution in [0.4, 0.5) is 0 Å². The summed E-state index contributed by atoms with van der Waals surface area (Å²) in [7, 11) is -2.78. The zero-order chi connectivity index (χ0) is 12.0. The van der Waals surface area contributed by atoms with Crippen molar-refractivity contribution < 1.29 is 8.42 Å². The molecular formula is C11H24N2O2S. The Morgan fingerprint density at radius 3 is 2.62 bits per heavy atom. The molecule has 0 spiro atoms. The van der Waals surface area contributed by atoms with Crippen molar-refractivity contribution in [3.63, 3.8) is 0 Å². The summed E-state index contributed by atoms with van der Waals surface area (Å²) in [5, 5.41) is 3.35. The van der Waals surface area contributed by atoms with Gasteiger partial charge in [-0.3, -0.25) is 4.90 Å². The van der Waals surface area contributed by atoms with Crippen LogP contribution in [0.15, 0.2) is 0 Å². The monoisotopic (exact) mass is 248 g/mol. The highest BCUT2D eigenvalue weighted by atomic mass is 32.2. The van der Waals surface area contributed by atoms with E-state index in [9.17, 15) is 8.42 Å². The Bertz CT molecular complexity index is 290. The number of nitrogens with one attached hydrogen (secondary N) is 1. The van der Waals surface area contributed by atoms with Crippen LogP contribution in [0.25, 0.3) is 0 Å². The van der Waals surface area contributed by atoms with Crippen LogP contribution in [0.5, 0.6) is 0 Å². The summed E-state index contributed by atoms with van der Waals surface area (Å²) in [6.45, 7) is 7.83. The summed E-state index contributed by atoms with van der Waals surface area (Å²) < 4.78 is 23.0. The highest BCUT2D eigenvalue weighted by Crippen LogP contribution is 2.10. The van der Waals surface area contributed by atoms with Crippen LogP contribution in [-0.2, 0) is 9.84 Å². The Morgan fingerprint density at radius 1 is 1.25 bits per heavy atom. The van der Waals surface area contributed by atoms with Gasteiger partial charge in [-0.2, -0.15) is 0 Å². The van der Waals surface area contributed by atoms with Gasteiger partial charge in [-0.05, 0) is 25.9 Å². The fraction of sp³-hybridized carbons (Fsp3) is 1.00. The van der Waals surface area contributed by atoms with Gasteiger partial charge in [-0.1, -0.05) is 13.8 Å². The van der Waals surface area contributed by atoms with Gasteiger partial charge >= 0.3 is 0 Å². The first-order chi connectivity index (χ1) is 7.59. The van der Waals surface area contributed by atoms with Crippen molar-refractivity contribution in [2.75, 3.05) is 37.7 Å². The van der Waals surface area contributed by atoms with Gasteiger partial charge in [0.2, 0.25) is 0 Å². The van der Waals surface area contributed by atoms with Crippen LogP contribution in [0.3, 0.4) is 0 Å². The van der Waals surface area contributed by atoms with E-state index >= 15 is 0 Å². The lowest BCUT2D eigenvalue weighted by Crippen LogP contribution is -2.43. The van der Waals surface area contributed by atoms with Gasteiger partial charge in [0.15, 0.2) is 9.84 Å². The molecule has 0 aromatic carbocycles. The van der Waals surface area contributed by atoms with Crippen molar-refractivity contribution >= 4 is 9.84 Å². The predicted molar refractivity (Wildman–Crippen MR) is 67.5 cm³/mol. The van der Waals surface area contributed by atoms with E-state index in [0.29, 0.717) is 24.1 Å². The number of nitrogens with zero attached hydrogens (tertiary/aromatic N) is 1. The fourth-order valence-corrected chi connectivity index (χ4v) is 3.45. The van der Waals surface area contributed by atoms with Gasteiger partial charge in [-0.25, -0.2) is 8.42 Å². The first-order valence-corrected chi connectivity index (χ1v) is 8.06. The Hall–Kier alpha value is -0.130. The molecule has 5 heteroatoms. The molecule has 16 heavy (non-hydrogen) atoms. The summed E-state index contributed by atoms with van der Waals surface area (Å²) in [4.78, 5) is 2.33. The molecule has 0 aromatic rings. The standard InChI is InChI=1S/C11H24N2O2S/c1-3-11(10-12-4-2)13-6-5-8-16(14,15)9-7-13/h11-12H,3-10H2,1-2H3. The van der Waals surface area contributed by atoms with Crippen LogP contribution < -0.4 is 5.32 Å². The van der Waals surface area contributed by atoms with E-state index in [4.69, 9.17) is 0 Å². The topological polar surface area (TPSA) is 49.4 Å². The highest BCUT2D eigenvalue weighted by molar-refractivity contribution is 7.91. The molecule has 1 rings (SSSR count). The van der Waals surface area contributed by atoms with E-state index < -0.39 is 9.84 Å². The molecule has 1 aliphatic heterocycles. The molecule has 96 valence electrons. The summed E-state index contributed by atoms with van der Waals surface area (Å²) in [6, 6.07) is 0.480. The zero-order valence-corrected chi connectivity index (χ0v) is 11.2. The average Bonchev–Trinajstić information content (AvgIpc) is 2.41. The van der Waals surface area contributed by atoms with Crippen LogP contribution >= 0.6 is 0 Å². The molecular weight excluding hydrogens is 224 g/mol. The van der Waals surface area contributed by atoms with Crippen molar-refractivity contribution in [2.24, 2.45) is 0 Å². The molecule has 0 saturated carbocycles. The first kappa shape index (κ1) is 13.9. The van der Waals surface area contributed by atoms with Crippen LogP contribution in [0.1, 0.15) is 26.7 Å². The quantitative estimate of drug-likeness (QED) is 0.769. The first-order valence-electron chi connectivity index (χ1n) is 6.24. The normalized spacial score (nSPS) is 23.9. The molecule has 1 fully saturated rings. The predicted octanol–water partition coefficient (Wildman–Crippen LogP) is 0.495. The molecule has 1 aliphatic rings. The summed E-state index contributed by atoms with van der Waals surface area (Å²) in [5.41, 5.74) is 0. The van der Waals surface area contributed by atoms with E-state index in [-0.39, 0.29) is 0 Å². The highest BCUT2D eigenvalue weighted by Gasteiger charge is 2.23. The lowest BCUT2D eigenvalue weighted by Gasteiger charge is -2.29. The lowest BCUT2D eigenvalue weighted by atomic mass is 10.2. The molecule has 1 unspecified atom stereocenters. The second-order valence-electron chi connectivity index (χ2n) is 4.41. The van der Waals surface area contributed by atoms with Crippen molar-refractivity contribution in [3.05, 3.63) is 0 Å². The van der Waals surface area contributed by atoms with Crippen LogP contribution in [0, 0.1) is 0 Å². The molecule has 0 amide bonds. The fourth-order valence-electron chi connectivity index (χ4n) is 2.17. The largest absolute Gasteiger partial charge is 0.315 e. The van der Waals surface area contributed by atoms with Gasteiger partial charge in [0.1, 0.15) is 0 Å². The van der Waals surface area contributed by atoms with E-state index in [0.717, 1.165) is 32.5 Å². The van der Waals surface area contributed by atoms with Crippen LogP contribution in [-0.4, -0.2) is 57.0 Å². The van der Waals surface area contributed by atoms with E-state index in [2.05, 4.69) is 24.1 Å². The van der Waals surface area contributed by atoms with Crippen molar-refractivity contribution in [1.82, 2.24) is 10.2 Å². The van der Waals surface area contributed by atoms with Crippen molar-refractivity contribution in [2.45, 2.75) is 32.7 Å². The van der Waals surface area contributed by atoms with Gasteiger partial charge in [-0.15, -0.1) is 0 Å². The minimum Gasteiger partial charge on any atom is -0.315 e. The Labute approximate surface area is 99.3 Å². The molecule has 1 heterocycles. The molecule has 1 N–H and O–H groups in total. The van der Waals surface area contributed by atoms with Gasteiger partial charge in [0.25, 0.3) is 0 Å². The molecule has 0 aromatic heterocycles. The molecule has 0 aliphatic carbocycles. The number of likely N-dealkylation sites (N-methyl/N-ethyl adjacent to an activating group) is 1. The van der Waals surface area contributed by atoms with Crippen molar-refractivity contribution in [1.29, 1.82) is 0 Å². The third kappa shape index (κ3) is 4.39. The third-order valence-corrected chi connectivity index (χ3v) is 4.92. The maximum atomic E-state index is 11.5. The molecule has 1 saturated heterocycles. The Morgan fingerprint density at radius 2 is 2.00 bits per heavy atom. The zero-order valence-electron chi connectivity index (χ0n) is 10.4. The Balaban J connectivity index is 2.51. The van der Waals surface area contributed by atoms with Crippen LogP contribution in [0.2, 0.25) is 0 Å². The van der Waals surface area contributed by atoms with Gasteiger partial charge in [0, 0.05) is 19.1 Å². The second kappa shape index (κ2) is 6.57. The SMILES string of the molecule is CCNCC(CC)N1CCCS(=O)(=O)CC1. The lowest BCUT2D eigenvalue weighted by molar-refractivity contribution is 0.201. The maximum Gasteiger partial charge on any atom is 0.151 e. The number of rotatable bonds is 5. The summed E-state index contributed by atoms with van der Waals surface area (Å²) in [6.07, 6.45) is 1.86. The Kier molecular flexibility index (Phi) is 5.72. The number of sulfone groups is 1. The minimum atomic E-state index is -2.78. The summed E-state index contributed by atoms with van der Waals surface area (Å²) in [5.74, 6) is 0.691. The van der Waals surface area contributed by atoms with Gasteiger partial charge in [0.05, 0.1) is 11.5 Å².